The molecule has 0 radical (unpaired) electrons. The molecule has 3 N–H and O–H groups in total. The maximum absolute atomic E-state index is 12.7. The number of nitrogens with two attached hydrogens (primary N) is 1. The lowest BCUT2D eigenvalue weighted by atomic mass is 10.0. The second kappa shape index (κ2) is 5.00. The molecular weight excluding hydrogens is 318 g/mol. The third-order valence-electron chi connectivity index (χ3n) is 2.56. The Balaban J connectivity index is 2.61. The summed E-state index contributed by atoms with van der Waals surface area (Å²) in [5.41, 5.74) is 1.30. The number of rotatable bonds is 2. The van der Waals surface area contributed by atoms with E-state index in [9.17, 15) is 31.1 Å². The number of H-pyrrole nitrogens is 1. The summed E-state index contributed by atoms with van der Waals surface area (Å²) in [6.07, 6.45) is -9.97. The minimum atomic E-state index is -4.99. The zero-order valence-electron chi connectivity index (χ0n) is 10.4. The van der Waals surface area contributed by atoms with Crippen molar-refractivity contribution in [3.8, 4) is 11.4 Å². The van der Waals surface area contributed by atoms with Crippen LogP contribution in [0, 0.1) is 0 Å². The predicted molar refractivity (Wildman–Crippen MR) is 60.3 cm³/mol. The van der Waals surface area contributed by atoms with E-state index in [1.165, 1.54) is 0 Å². The minimum absolute atomic E-state index is 0.0227. The highest BCUT2D eigenvalue weighted by Crippen LogP contribution is 2.37. The Labute approximate surface area is 118 Å². The van der Waals surface area contributed by atoms with Crippen molar-refractivity contribution in [1.82, 2.24) is 15.2 Å². The molecule has 2 rings (SSSR count). The average molecular weight is 324 g/mol. The van der Waals surface area contributed by atoms with Crippen LogP contribution < -0.4 is 5.73 Å². The number of aromatic nitrogens is 3. The van der Waals surface area contributed by atoms with E-state index in [0.29, 0.717) is 12.1 Å². The van der Waals surface area contributed by atoms with E-state index in [0.717, 1.165) is 0 Å². The van der Waals surface area contributed by atoms with Crippen molar-refractivity contribution in [2.75, 3.05) is 0 Å². The molecule has 1 amide bonds. The highest BCUT2D eigenvalue weighted by atomic mass is 19.4. The van der Waals surface area contributed by atoms with Crippen molar-refractivity contribution < 1.29 is 31.1 Å². The molecule has 1 aromatic heterocycles. The zero-order valence-corrected chi connectivity index (χ0v) is 10.4. The Morgan fingerprint density at radius 3 is 1.86 bits per heavy atom. The summed E-state index contributed by atoms with van der Waals surface area (Å²) in [6, 6.07) is 0.873. The van der Waals surface area contributed by atoms with Crippen LogP contribution in [0.5, 0.6) is 0 Å². The molecule has 0 saturated heterocycles. The number of hydrogen-bond acceptors (Lipinski definition) is 3. The second-order valence-electron chi connectivity index (χ2n) is 4.17. The Kier molecular flexibility index (Phi) is 3.59. The first-order valence-corrected chi connectivity index (χ1v) is 5.50. The number of alkyl halides is 6. The van der Waals surface area contributed by atoms with Crippen LogP contribution in [-0.4, -0.2) is 21.1 Å². The Morgan fingerprint density at radius 2 is 1.50 bits per heavy atom. The number of carbonyl (C=O) groups is 1. The van der Waals surface area contributed by atoms with Gasteiger partial charge in [-0.05, 0) is 18.2 Å². The maximum Gasteiger partial charge on any atom is 0.416 e. The van der Waals surface area contributed by atoms with Crippen LogP contribution in [0.2, 0.25) is 0 Å². The van der Waals surface area contributed by atoms with Gasteiger partial charge in [0.1, 0.15) is 0 Å². The number of halogens is 6. The summed E-state index contributed by atoms with van der Waals surface area (Å²) < 4.78 is 76.2. The standard InChI is InChI=1S/C11H6F6N4O/c12-10(13,14)5-1-4(2-6(3-5)11(15,16)17)8-19-9(7(18)22)21-20-8/h1-3H,(H2,18,22)(H,19,20,21). The van der Waals surface area contributed by atoms with E-state index in [-0.39, 0.29) is 6.07 Å². The smallest absolute Gasteiger partial charge is 0.363 e. The molecule has 11 heteroatoms. The molecule has 5 nitrogen and oxygen atoms in total. The number of primary amides is 1. The summed E-state index contributed by atoms with van der Waals surface area (Å²) in [5, 5.41) is 5.40. The van der Waals surface area contributed by atoms with E-state index in [2.05, 4.69) is 10.1 Å². The zero-order chi connectivity index (χ0) is 16.7. The lowest BCUT2D eigenvalue weighted by molar-refractivity contribution is -0.143. The van der Waals surface area contributed by atoms with Gasteiger partial charge in [0.25, 0.3) is 5.91 Å². The number of amides is 1. The fourth-order valence-electron chi connectivity index (χ4n) is 1.59. The first-order valence-electron chi connectivity index (χ1n) is 5.50. The third-order valence-corrected chi connectivity index (χ3v) is 2.56. The topological polar surface area (TPSA) is 84.7 Å². The fraction of sp³-hybridized carbons (Fsp3) is 0.182. The average Bonchev–Trinajstić information content (AvgIpc) is 2.85. The molecule has 22 heavy (non-hydrogen) atoms. The highest BCUT2D eigenvalue weighted by Gasteiger charge is 2.37. The first-order chi connectivity index (χ1) is 9.98. The normalized spacial score (nSPS) is 12.5. The van der Waals surface area contributed by atoms with Gasteiger partial charge >= 0.3 is 12.4 Å². The molecule has 1 heterocycles. The number of nitrogens with one attached hydrogen (secondary N) is 1. The largest absolute Gasteiger partial charge is 0.416 e. The van der Waals surface area contributed by atoms with E-state index >= 15 is 0 Å². The van der Waals surface area contributed by atoms with Gasteiger partial charge in [0.2, 0.25) is 5.82 Å². The van der Waals surface area contributed by atoms with Gasteiger partial charge in [0.15, 0.2) is 5.82 Å². The number of carbonyl (C=O) groups excluding carboxylic acids is 1. The van der Waals surface area contributed by atoms with E-state index in [1.54, 1.807) is 0 Å². The summed E-state index contributed by atoms with van der Waals surface area (Å²) in [5.74, 6) is -2.05. The van der Waals surface area contributed by atoms with Crippen LogP contribution >= 0.6 is 0 Å². The van der Waals surface area contributed by atoms with Crippen LogP contribution in [0.15, 0.2) is 18.2 Å². The van der Waals surface area contributed by atoms with Gasteiger partial charge in [-0.25, -0.2) is 4.98 Å². The van der Waals surface area contributed by atoms with Crippen molar-refractivity contribution in [2.24, 2.45) is 5.73 Å². The maximum atomic E-state index is 12.7. The molecule has 0 bridgehead atoms. The lowest BCUT2D eigenvalue weighted by Gasteiger charge is -2.13. The van der Waals surface area contributed by atoms with Crippen molar-refractivity contribution in [3.05, 3.63) is 35.2 Å². The number of aromatic amines is 1. The molecule has 0 unspecified atom stereocenters. The fourth-order valence-corrected chi connectivity index (χ4v) is 1.59. The van der Waals surface area contributed by atoms with Gasteiger partial charge in [0.05, 0.1) is 11.1 Å². The van der Waals surface area contributed by atoms with E-state index < -0.39 is 46.6 Å². The van der Waals surface area contributed by atoms with Crippen LogP contribution in [0.1, 0.15) is 21.7 Å². The molecule has 0 spiro atoms. The Morgan fingerprint density at radius 1 is 1.00 bits per heavy atom. The van der Waals surface area contributed by atoms with Crippen LogP contribution in [-0.2, 0) is 12.4 Å². The lowest BCUT2D eigenvalue weighted by Crippen LogP contribution is -2.13. The SMILES string of the molecule is NC(=O)c1nc(-c2cc(C(F)(F)F)cc(C(F)(F)F)c2)n[nH]1. The third kappa shape index (κ3) is 3.18. The number of hydrogen-bond donors (Lipinski definition) is 2. The van der Waals surface area contributed by atoms with Crippen molar-refractivity contribution in [1.29, 1.82) is 0 Å². The van der Waals surface area contributed by atoms with Gasteiger partial charge in [-0.2, -0.15) is 31.4 Å². The first kappa shape index (κ1) is 15.8. The van der Waals surface area contributed by atoms with Crippen molar-refractivity contribution >= 4 is 5.91 Å². The Bertz CT molecular complexity index is 686. The Hall–Kier alpha value is -2.59. The van der Waals surface area contributed by atoms with Gasteiger partial charge in [0, 0.05) is 5.56 Å². The van der Waals surface area contributed by atoms with Gasteiger partial charge in [-0.15, -0.1) is 0 Å². The van der Waals surface area contributed by atoms with Crippen LogP contribution in [0.3, 0.4) is 0 Å². The molecule has 0 atom stereocenters. The molecule has 0 aliphatic carbocycles. The highest BCUT2D eigenvalue weighted by molar-refractivity contribution is 5.89. The molecule has 118 valence electrons. The van der Waals surface area contributed by atoms with E-state index in [1.807, 2.05) is 5.10 Å². The molecule has 0 saturated carbocycles. The molecule has 2 aromatic rings. The molecule has 1 aromatic carbocycles. The molecule has 0 fully saturated rings. The molecule has 0 aliphatic rings. The predicted octanol–water partition coefficient (Wildman–Crippen LogP) is 2.61. The van der Waals surface area contributed by atoms with Crippen LogP contribution in [0.4, 0.5) is 26.3 Å². The quantitative estimate of drug-likeness (QED) is 0.833. The summed E-state index contributed by atoms with van der Waals surface area (Å²) in [6.45, 7) is 0. The van der Waals surface area contributed by atoms with Crippen LogP contribution in [0.25, 0.3) is 11.4 Å². The van der Waals surface area contributed by atoms with Crippen molar-refractivity contribution in [3.63, 3.8) is 0 Å². The summed E-state index contributed by atoms with van der Waals surface area (Å²) in [4.78, 5) is 14.3. The second-order valence-corrected chi connectivity index (χ2v) is 4.17. The summed E-state index contributed by atoms with van der Waals surface area (Å²) >= 11 is 0. The summed E-state index contributed by atoms with van der Waals surface area (Å²) in [7, 11) is 0. The van der Waals surface area contributed by atoms with Crippen molar-refractivity contribution in [2.45, 2.75) is 12.4 Å². The number of benzene rings is 1. The molecular formula is C11H6F6N4O. The van der Waals surface area contributed by atoms with Gasteiger partial charge in [-0.1, -0.05) is 0 Å². The van der Waals surface area contributed by atoms with E-state index in [4.69, 9.17) is 5.73 Å². The number of nitrogens with zero attached hydrogens (tertiary/aromatic N) is 2. The minimum Gasteiger partial charge on any atom is -0.363 e. The molecule has 0 aliphatic heterocycles. The van der Waals surface area contributed by atoms with Gasteiger partial charge in [-0.3, -0.25) is 9.89 Å². The van der Waals surface area contributed by atoms with Gasteiger partial charge < -0.3 is 5.73 Å². The monoisotopic (exact) mass is 324 g/mol.